The van der Waals surface area contributed by atoms with E-state index in [1.165, 1.54) is 0 Å². The first-order chi connectivity index (χ1) is 14.8. The molecule has 4 heterocycles. The molecule has 3 aromatic rings. The van der Waals surface area contributed by atoms with Crippen LogP contribution in [-0.4, -0.2) is 49.7 Å². The SMILES string of the molecule is O=C(NC1CCc2nnc(C3CCOCC3)n2CC1)c1ccccc1-n1cccn1. The Kier molecular flexibility index (Phi) is 5.31. The van der Waals surface area contributed by atoms with E-state index in [0.717, 1.165) is 69.2 Å². The summed E-state index contributed by atoms with van der Waals surface area (Å²) >= 11 is 0. The summed E-state index contributed by atoms with van der Waals surface area (Å²) in [6.07, 6.45) is 8.12. The highest BCUT2D eigenvalue weighted by molar-refractivity contribution is 5.97. The molecule has 1 aromatic carbocycles. The third kappa shape index (κ3) is 3.75. The third-order valence-corrected chi connectivity index (χ3v) is 6.10. The van der Waals surface area contributed by atoms with Gasteiger partial charge in [0.25, 0.3) is 5.91 Å². The second-order valence-electron chi connectivity index (χ2n) is 7.98. The van der Waals surface area contributed by atoms with Gasteiger partial charge in [-0.25, -0.2) is 4.68 Å². The minimum atomic E-state index is -0.0616. The van der Waals surface area contributed by atoms with Crippen LogP contribution >= 0.6 is 0 Å². The first kappa shape index (κ1) is 19.0. The maximum absolute atomic E-state index is 13.1. The zero-order valence-electron chi connectivity index (χ0n) is 16.9. The standard InChI is InChI=1S/C22H26N6O2/c29-22(18-4-1-2-5-19(18)28-12-3-11-23-28)24-17-6-7-20-25-26-21(27(20)13-8-17)16-9-14-30-15-10-16/h1-5,11-12,16-17H,6-10,13-15H2,(H,24,29). The first-order valence-corrected chi connectivity index (χ1v) is 10.7. The average Bonchev–Trinajstić information content (AvgIpc) is 3.43. The van der Waals surface area contributed by atoms with Crippen molar-refractivity contribution in [3.05, 3.63) is 59.9 Å². The van der Waals surface area contributed by atoms with E-state index >= 15 is 0 Å². The number of ether oxygens (including phenoxy) is 1. The van der Waals surface area contributed by atoms with Gasteiger partial charge in [-0.05, 0) is 43.9 Å². The molecular weight excluding hydrogens is 380 g/mol. The number of nitrogens with zero attached hydrogens (tertiary/aromatic N) is 5. The number of aryl methyl sites for hydroxylation is 1. The van der Waals surface area contributed by atoms with E-state index in [1.54, 1.807) is 10.9 Å². The molecule has 0 bridgehead atoms. The van der Waals surface area contributed by atoms with E-state index in [0.29, 0.717) is 11.5 Å². The van der Waals surface area contributed by atoms with Gasteiger partial charge in [-0.3, -0.25) is 4.79 Å². The first-order valence-electron chi connectivity index (χ1n) is 10.7. The van der Waals surface area contributed by atoms with E-state index in [9.17, 15) is 4.79 Å². The van der Waals surface area contributed by atoms with Crippen LogP contribution in [0.5, 0.6) is 0 Å². The van der Waals surface area contributed by atoms with Crippen molar-refractivity contribution >= 4 is 5.91 Å². The highest BCUT2D eigenvalue weighted by Crippen LogP contribution is 2.28. The Morgan fingerprint density at radius 3 is 2.77 bits per heavy atom. The molecule has 0 aliphatic carbocycles. The lowest BCUT2D eigenvalue weighted by Gasteiger charge is -2.22. The Hall–Kier alpha value is -3.00. The number of fused-ring (bicyclic) bond motifs is 1. The fraction of sp³-hybridized carbons (Fsp3) is 0.455. The summed E-state index contributed by atoms with van der Waals surface area (Å²) < 4.78 is 9.50. The molecule has 2 aliphatic rings. The lowest BCUT2D eigenvalue weighted by Crippen LogP contribution is -2.35. The molecule has 30 heavy (non-hydrogen) atoms. The van der Waals surface area contributed by atoms with Gasteiger partial charge in [-0.15, -0.1) is 10.2 Å². The zero-order valence-corrected chi connectivity index (χ0v) is 16.9. The number of nitrogens with one attached hydrogen (secondary N) is 1. The summed E-state index contributed by atoms with van der Waals surface area (Å²) in [5.41, 5.74) is 1.42. The molecular formula is C22H26N6O2. The minimum Gasteiger partial charge on any atom is -0.381 e. The van der Waals surface area contributed by atoms with Crippen molar-refractivity contribution in [3.8, 4) is 5.69 Å². The Morgan fingerprint density at radius 1 is 1.07 bits per heavy atom. The predicted molar refractivity (Wildman–Crippen MR) is 111 cm³/mol. The van der Waals surface area contributed by atoms with E-state index in [4.69, 9.17) is 4.74 Å². The molecule has 2 aromatic heterocycles. The van der Waals surface area contributed by atoms with Gasteiger partial charge in [0.15, 0.2) is 0 Å². The number of benzene rings is 1. The van der Waals surface area contributed by atoms with Gasteiger partial charge in [0.2, 0.25) is 0 Å². The molecule has 5 rings (SSSR count). The van der Waals surface area contributed by atoms with Crippen LogP contribution in [0, 0.1) is 0 Å². The third-order valence-electron chi connectivity index (χ3n) is 6.10. The number of carbonyl (C=O) groups is 1. The molecule has 156 valence electrons. The van der Waals surface area contributed by atoms with E-state index in [1.807, 2.05) is 36.5 Å². The molecule has 0 radical (unpaired) electrons. The topological polar surface area (TPSA) is 86.9 Å². The monoisotopic (exact) mass is 406 g/mol. The Bertz CT molecular complexity index is 1010. The number of hydrogen-bond acceptors (Lipinski definition) is 5. The molecule has 0 spiro atoms. The van der Waals surface area contributed by atoms with Crippen LogP contribution in [0.25, 0.3) is 5.69 Å². The second kappa shape index (κ2) is 8.39. The Labute approximate surface area is 175 Å². The number of rotatable bonds is 4. The van der Waals surface area contributed by atoms with Gasteiger partial charge in [0.05, 0.1) is 11.3 Å². The number of carbonyl (C=O) groups excluding carboxylic acids is 1. The van der Waals surface area contributed by atoms with Crippen molar-refractivity contribution in [2.75, 3.05) is 13.2 Å². The second-order valence-corrected chi connectivity index (χ2v) is 7.98. The summed E-state index contributed by atoms with van der Waals surface area (Å²) in [5.74, 6) is 2.48. The van der Waals surface area contributed by atoms with Crippen molar-refractivity contribution in [3.63, 3.8) is 0 Å². The van der Waals surface area contributed by atoms with Crippen LogP contribution < -0.4 is 5.32 Å². The van der Waals surface area contributed by atoms with Crippen molar-refractivity contribution in [2.24, 2.45) is 0 Å². The van der Waals surface area contributed by atoms with Crippen LogP contribution in [0.1, 0.15) is 53.6 Å². The summed E-state index contributed by atoms with van der Waals surface area (Å²) in [6, 6.07) is 9.52. The summed E-state index contributed by atoms with van der Waals surface area (Å²) in [7, 11) is 0. The molecule has 1 amide bonds. The van der Waals surface area contributed by atoms with Crippen LogP contribution in [0.15, 0.2) is 42.7 Å². The van der Waals surface area contributed by atoms with Crippen LogP contribution in [0.4, 0.5) is 0 Å². The Morgan fingerprint density at radius 2 is 1.93 bits per heavy atom. The maximum Gasteiger partial charge on any atom is 0.253 e. The van der Waals surface area contributed by atoms with E-state index in [-0.39, 0.29) is 11.9 Å². The number of aromatic nitrogens is 5. The maximum atomic E-state index is 13.1. The fourth-order valence-corrected chi connectivity index (χ4v) is 4.45. The highest BCUT2D eigenvalue weighted by atomic mass is 16.5. The average molecular weight is 406 g/mol. The Balaban J connectivity index is 1.28. The molecule has 1 N–H and O–H groups in total. The smallest absolute Gasteiger partial charge is 0.253 e. The van der Waals surface area contributed by atoms with Gasteiger partial charge < -0.3 is 14.6 Å². The molecule has 8 heteroatoms. The normalized spacial score (nSPS) is 19.8. The van der Waals surface area contributed by atoms with Gasteiger partial charge in [-0.2, -0.15) is 5.10 Å². The van der Waals surface area contributed by atoms with Gasteiger partial charge in [-0.1, -0.05) is 12.1 Å². The van der Waals surface area contributed by atoms with Gasteiger partial charge in [0, 0.05) is 50.5 Å². The summed E-state index contributed by atoms with van der Waals surface area (Å²) in [5, 5.41) is 16.5. The fourth-order valence-electron chi connectivity index (χ4n) is 4.45. The van der Waals surface area contributed by atoms with Crippen molar-refractivity contribution < 1.29 is 9.53 Å². The largest absolute Gasteiger partial charge is 0.381 e. The highest BCUT2D eigenvalue weighted by Gasteiger charge is 2.27. The molecule has 0 saturated carbocycles. The predicted octanol–water partition coefficient (Wildman–Crippen LogP) is 2.49. The number of hydrogen-bond donors (Lipinski definition) is 1. The van der Waals surface area contributed by atoms with Gasteiger partial charge >= 0.3 is 0 Å². The summed E-state index contributed by atoms with van der Waals surface area (Å²) in [4.78, 5) is 13.1. The lowest BCUT2D eigenvalue weighted by molar-refractivity contribution is 0.0826. The quantitative estimate of drug-likeness (QED) is 0.719. The zero-order chi connectivity index (χ0) is 20.3. The van der Waals surface area contributed by atoms with Crippen LogP contribution in [0.2, 0.25) is 0 Å². The van der Waals surface area contributed by atoms with Crippen molar-refractivity contribution in [1.29, 1.82) is 0 Å². The molecule has 1 atom stereocenters. The minimum absolute atomic E-state index is 0.0616. The lowest BCUT2D eigenvalue weighted by atomic mass is 9.99. The van der Waals surface area contributed by atoms with Gasteiger partial charge in [0.1, 0.15) is 11.6 Å². The molecule has 8 nitrogen and oxygen atoms in total. The molecule has 2 aliphatic heterocycles. The summed E-state index contributed by atoms with van der Waals surface area (Å²) in [6.45, 7) is 2.42. The molecule has 1 fully saturated rings. The van der Waals surface area contributed by atoms with E-state index < -0.39 is 0 Å². The van der Waals surface area contributed by atoms with Crippen LogP contribution in [-0.2, 0) is 17.7 Å². The molecule has 1 unspecified atom stereocenters. The van der Waals surface area contributed by atoms with Crippen LogP contribution in [0.3, 0.4) is 0 Å². The molecule has 1 saturated heterocycles. The number of amides is 1. The van der Waals surface area contributed by atoms with Crippen molar-refractivity contribution in [1.82, 2.24) is 29.9 Å². The van der Waals surface area contributed by atoms with Crippen molar-refractivity contribution in [2.45, 2.75) is 50.6 Å². The van der Waals surface area contributed by atoms with E-state index in [2.05, 4.69) is 25.2 Å². The number of para-hydroxylation sites is 1.